The van der Waals surface area contributed by atoms with Crippen LogP contribution in [-0.4, -0.2) is 0 Å². The molecule has 0 aliphatic heterocycles. The summed E-state index contributed by atoms with van der Waals surface area (Å²) in [5.74, 6) is 0. The number of allylic oxidation sites excluding steroid dienone is 5. The molecular weight excluding hydrogens is 707 g/mol. The van der Waals surface area contributed by atoms with Crippen LogP contribution >= 0.6 is 0 Å². The van der Waals surface area contributed by atoms with Gasteiger partial charge >= 0.3 is 0 Å². The van der Waals surface area contributed by atoms with Gasteiger partial charge in [0, 0.05) is 60.6 Å². The quantitative estimate of drug-likeness (QED) is 0.159. The Labute approximate surface area is 338 Å². The summed E-state index contributed by atoms with van der Waals surface area (Å²) in [4.78, 5) is 2.42. The van der Waals surface area contributed by atoms with Gasteiger partial charge in [0.1, 0.15) is 22.3 Å². The molecule has 0 fully saturated rings. The first kappa shape index (κ1) is 34.4. The van der Waals surface area contributed by atoms with Crippen molar-refractivity contribution in [3.8, 4) is 22.3 Å². The molecule has 0 unspecified atom stereocenters. The predicted octanol–water partition coefficient (Wildman–Crippen LogP) is 15.7. The van der Waals surface area contributed by atoms with Gasteiger partial charge in [-0.1, -0.05) is 144 Å². The summed E-state index contributed by atoms with van der Waals surface area (Å²) >= 11 is 0. The van der Waals surface area contributed by atoms with Gasteiger partial charge in [-0.25, -0.2) is 0 Å². The second-order valence-electron chi connectivity index (χ2n) is 16.9. The van der Waals surface area contributed by atoms with Gasteiger partial charge in [0.05, 0.1) is 0 Å². The molecule has 2 aliphatic carbocycles. The lowest BCUT2D eigenvalue weighted by molar-refractivity contribution is 0.653. The van der Waals surface area contributed by atoms with Gasteiger partial charge in [0.2, 0.25) is 0 Å². The van der Waals surface area contributed by atoms with Crippen LogP contribution in [0.5, 0.6) is 0 Å². The van der Waals surface area contributed by atoms with Crippen LogP contribution in [-0.2, 0) is 10.8 Å². The summed E-state index contributed by atoms with van der Waals surface area (Å²) < 4.78 is 13.3. The molecule has 2 aliphatic rings. The zero-order valence-corrected chi connectivity index (χ0v) is 33.5. The Bertz CT molecular complexity index is 3070. The predicted molar refractivity (Wildman–Crippen MR) is 244 cm³/mol. The van der Waals surface area contributed by atoms with Crippen LogP contribution in [0.4, 0.5) is 17.1 Å². The van der Waals surface area contributed by atoms with Crippen molar-refractivity contribution in [1.29, 1.82) is 0 Å². The first-order chi connectivity index (χ1) is 28.2. The maximum atomic E-state index is 6.63. The van der Waals surface area contributed by atoms with Crippen LogP contribution in [0.3, 0.4) is 0 Å². The first-order valence-electron chi connectivity index (χ1n) is 20.2. The molecule has 11 rings (SSSR count). The molecule has 0 radical (unpaired) electrons. The smallest absolute Gasteiger partial charge is 0.143 e. The molecule has 0 atom stereocenters. The lowest BCUT2D eigenvalue weighted by Gasteiger charge is -2.30. The van der Waals surface area contributed by atoms with Crippen molar-refractivity contribution in [3.05, 3.63) is 192 Å². The monoisotopic (exact) mass is 749 g/mol. The molecule has 0 saturated heterocycles. The lowest BCUT2D eigenvalue weighted by Crippen LogP contribution is -2.18. The van der Waals surface area contributed by atoms with Gasteiger partial charge in [0.15, 0.2) is 0 Å². The maximum absolute atomic E-state index is 6.63. The summed E-state index contributed by atoms with van der Waals surface area (Å²) in [6.45, 7) is 15.4. The Morgan fingerprint density at radius 1 is 0.534 bits per heavy atom. The van der Waals surface area contributed by atoms with E-state index < -0.39 is 0 Å². The number of hydrogen-bond donors (Lipinski definition) is 0. The Hall–Kier alpha value is -6.84. The summed E-state index contributed by atoms with van der Waals surface area (Å²) in [5.41, 5.74) is 18.9. The minimum absolute atomic E-state index is 0.236. The molecule has 0 amide bonds. The van der Waals surface area contributed by atoms with Gasteiger partial charge in [-0.3, -0.25) is 0 Å². The van der Waals surface area contributed by atoms with Crippen molar-refractivity contribution in [3.63, 3.8) is 0 Å². The largest absolute Gasteiger partial charge is 0.455 e. The molecule has 7 aromatic carbocycles. The van der Waals surface area contributed by atoms with E-state index in [0.717, 1.165) is 72.1 Å². The molecular formula is C55H43NO2. The van der Waals surface area contributed by atoms with Gasteiger partial charge in [-0.05, 0) is 100.0 Å². The second-order valence-corrected chi connectivity index (χ2v) is 16.9. The van der Waals surface area contributed by atoms with Crippen molar-refractivity contribution < 1.29 is 8.83 Å². The standard InChI is InChI=1S/C55H43NO2/c1-7-13-33(14-8-2)34-19-21-35(22-20-34)56(36-23-25-42-46(31-36)54(3,4)44-29-27-40-38-15-9-11-17-48(38)57-52(40)50(42)44)37-24-26-43-47(32-37)55(5,6)45-30-28-41-39-16-10-12-18-49(39)58-53(41)51(43)45/h7-32H,1H2,2-6H3/b14-8-,33-13+. The van der Waals surface area contributed by atoms with Gasteiger partial charge < -0.3 is 13.7 Å². The van der Waals surface area contributed by atoms with Crippen LogP contribution in [0.15, 0.2) is 173 Å². The van der Waals surface area contributed by atoms with E-state index in [0.29, 0.717) is 0 Å². The fraction of sp³-hybridized carbons (Fsp3) is 0.127. The molecule has 0 saturated carbocycles. The third-order valence-electron chi connectivity index (χ3n) is 13.0. The maximum Gasteiger partial charge on any atom is 0.143 e. The summed E-state index contributed by atoms with van der Waals surface area (Å²) in [6, 6.07) is 48.8. The molecule has 2 aromatic heterocycles. The highest BCUT2D eigenvalue weighted by molar-refractivity contribution is 6.13. The van der Waals surface area contributed by atoms with Gasteiger partial charge in [-0.15, -0.1) is 0 Å². The average molecular weight is 750 g/mol. The Balaban J connectivity index is 1.10. The van der Waals surface area contributed by atoms with E-state index in [-0.39, 0.29) is 10.8 Å². The fourth-order valence-electron chi connectivity index (χ4n) is 10.1. The highest BCUT2D eigenvalue weighted by Gasteiger charge is 2.40. The fourth-order valence-corrected chi connectivity index (χ4v) is 10.1. The Morgan fingerprint density at radius 3 is 1.50 bits per heavy atom. The van der Waals surface area contributed by atoms with Crippen LogP contribution in [0.1, 0.15) is 62.4 Å². The van der Waals surface area contributed by atoms with E-state index in [1.807, 2.05) is 25.1 Å². The van der Waals surface area contributed by atoms with Crippen molar-refractivity contribution in [2.45, 2.75) is 45.4 Å². The van der Waals surface area contributed by atoms with Crippen LogP contribution in [0, 0.1) is 0 Å². The molecule has 9 aromatic rings. The molecule has 280 valence electrons. The highest BCUT2D eigenvalue weighted by atomic mass is 16.3. The summed E-state index contributed by atoms with van der Waals surface area (Å²) in [7, 11) is 0. The van der Waals surface area contributed by atoms with Crippen molar-refractivity contribution in [1.82, 2.24) is 0 Å². The van der Waals surface area contributed by atoms with Crippen molar-refractivity contribution in [2.24, 2.45) is 0 Å². The van der Waals surface area contributed by atoms with E-state index in [4.69, 9.17) is 8.83 Å². The number of anilines is 3. The molecule has 0 N–H and O–H groups in total. The number of hydrogen-bond acceptors (Lipinski definition) is 3. The summed E-state index contributed by atoms with van der Waals surface area (Å²) in [6.07, 6.45) is 8.11. The number of rotatable bonds is 6. The minimum Gasteiger partial charge on any atom is -0.455 e. The topological polar surface area (TPSA) is 29.5 Å². The molecule has 58 heavy (non-hydrogen) atoms. The number of nitrogens with zero attached hydrogens (tertiary/aromatic N) is 1. The number of fused-ring (bicyclic) bond motifs is 14. The zero-order valence-electron chi connectivity index (χ0n) is 33.5. The van der Waals surface area contributed by atoms with Crippen LogP contribution in [0.25, 0.3) is 71.7 Å². The second kappa shape index (κ2) is 12.3. The molecule has 2 heterocycles. The lowest BCUT2D eigenvalue weighted by atomic mass is 9.82. The van der Waals surface area contributed by atoms with Gasteiger partial charge in [-0.2, -0.15) is 0 Å². The third kappa shape index (κ3) is 4.74. The van der Waals surface area contributed by atoms with Gasteiger partial charge in [0.25, 0.3) is 0 Å². The summed E-state index contributed by atoms with van der Waals surface area (Å²) in [5, 5.41) is 4.63. The third-order valence-corrected chi connectivity index (χ3v) is 13.0. The average Bonchev–Trinajstić information content (AvgIpc) is 3.94. The van der Waals surface area contributed by atoms with Crippen LogP contribution in [0.2, 0.25) is 0 Å². The molecule has 0 spiro atoms. The number of furan rings is 2. The minimum atomic E-state index is -0.236. The van der Waals surface area contributed by atoms with E-state index in [1.54, 1.807) is 0 Å². The normalized spacial score (nSPS) is 15.0. The van der Waals surface area contributed by atoms with Crippen LogP contribution < -0.4 is 4.90 Å². The SMILES string of the molecule is C=C/C=C(\C=C/C)c1ccc(N(c2ccc3c(c2)C(C)(C)c2ccc4c(oc5ccccc54)c2-3)c2ccc3c(c2)C(C)(C)c2ccc4c(oc5ccccc54)c2-3)cc1. The molecule has 0 bridgehead atoms. The molecule has 3 heteroatoms. The Kier molecular flexibility index (Phi) is 7.31. The number of para-hydroxylation sites is 2. The first-order valence-corrected chi connectivity index (χ1v) is 20.2. The molecule has 3 nitrogen and oxygen atoms in total. The highest BCUT2D eigenvalue weighted by Crippen LogP contribution is 2.56. The zero-order chi connectivity index (χ0) is 39.5. The van der Waals surface area contributed by atoms with E-state index in [2.05, 4.69) is 179 Å². The van der Waals surface area contributed by atoms with E-state index in [1.165, 1.54) is 44.5 Å². The van der Waals surface area contributed by atoms with Crippen molar-refractivity contribution in [2.75, 3.05) is 4.90 Å². The Morgan fingerprint density at radius 2 is 1.02 bits per heavy atom. The number of benzene rings is 7. The van der Waals surface area contributed by atoms with E-state index in [9.17, 15) is 0 Å². The van der Waals surface area contributed by atoms with E-state index >= 15 is 0 Å². The van der Waals surface area contributed by atoms with Crippen molar-refractivity contribution >= 4 is 66.5 Å².